The van der Waals surface area contributed by atoms with Gasteiger partial charge in [-0.1, -0.05) is 19.1 Å². The van der Waals surface area contributed by atoms with Gasteiger partial charge in [-0.15, -0.1) is 0 Å². The van der Waals surface area contributed by atoms with Crippen molar-refractivity contribution in [1.82, 2.24) is 4.90 Å². The third-order valence-corrected chi connectivity index (χ3v) is 2.84. The Morgan fingerprint density at radius 1 is 1.44 bits per heavy atom. The number of likely N-dealkylation sites (N-methyl/N-ethyl adjacent to an activating group) is 1. The van der Waals surface area contributed by atoms with Crippen LogP contribution >= 0.6 is 0 Å². The standard InChI is InChI=1S/C13H18N2O3/c1-3-11(13(17)18)15(2)12(16)8-9-5-4-6-10(14)7-9/h4-7,11H,3,8,14H2,1-2H3,(H,17,18). The number of nitrogens with zero attached hydrogens (tertiary/aromatic N) is 1. The Balaban J connectivity index is 2.73. The highest BCUT2D eigenvalue weighted by molar-refractivity contribution is 5.84. The van der Waals surface area contributed by atoms with Crippen LogP contribution in [0.15, 0.2) is 24.3 Å². The first-order chi connectivity index (χ1) is 8.45. The molecule has 5 heteroatoms. The molecule has 3 N–H and O–H groups in total. The van der Waals surface area contributed by atoms with Gasteiger partial charge in [0.15, 0.2) is 0 Å². The Morgan fingerprint density at radius 3 is 2.61 bits per heavy atom. The van der Waals surface area contributed by atoms with Crippen LogP contribution in [-0.4, -0.2) is 35.0 Å². The van der Waals surface area contributed by atoms with E-state index < -0.39 is 12.0 Å². The Hall–Kier alpha value is -2.04. The number of hydrogen-bond acceptors (Lipinski definition) is 3. The minimum Gasteiger partial charge on any atom is -0.480 e. The zero-order valence-electron chi connectivity index (χ0n) is 10.6. The first-order valence-electron chi connectivity index (χ1n) is 5.78. The van der Waals surface area contributed by atoms with Gasteiger partial charge in [0.1, 0.15) is 6.04 Å². The van der Waals surface area contributed by atoms with Crippen molar-refractivity contribution in [3.05, 3.63) is 29.8 Å². The van der Waals surface area contributed by atoms with Gasteiger partial charge in [0.2, 0.25) is 5.91 Å². The maximum atomic E-state index is 12.0. The summed E-state index contributed by atoms with van der Waals surface area (Å²) >= 11 is 0. The highest BCUT2D eigenvalue weighted by Gasteiger charge is 2.24. The molecule has 0 saturated carbocycles. The molecule has 0 aromatic heterocycles. The van der Waals surface area contributed by atoms with Crippen molar-refractivity contribution in [3.8, 4) is 0 Å². The normalized spacial score (nSPS) is 11.9. The Bertz CT molecular complexity index is 446. The molecule has 0 fully saturated rings. The SMILES string of the molecule is CCC(C(=O)O)N(C)C(=O)Cc1cccc(N)c1. The van der Waals surface area contributed by atoms with Gasteiger partial charge >= 0.3 is 5.97 Å². The molecule has 0 aliphatic heterocycles. The van der Waals surface area contributed by atoms with E-state index in [1.165, 1.54) is 11.9 Å². The fraction of sp³-hybridized carbons (Fsp3) is 0.385. The molecule has 1 aromatic carbocycles. The van der Waals surface area contributed by atoms with Crippen molar-refractivity contribution in [2.45, 2.75) is 25.8 Å². The summed E-state index contributed by atoms with van der Waals surface area (Å²) in [5.41, 5.74) is 7.00. The zero-order valence-corrected chi connectivity index (χ0v) is 10.6. The number of anilines is 1. The second kappa shape index (κ2) is 6.05. The lowest BCUT2D eigenvalue weighted by Crippen LogP contribution is -2.42. The summed E-state index contributed by atoms with van der Waals surface area (Å²) < 4.78 is 0. The fourth-order valence-corrected chi connectivity index (χ4v) is 1.79. The maximum absolute atomic E-state index is 12.0. The van der Waals surface area contributed by atoms with Crippen LogP contribution in [0.25, 0.3) is 0 Å². The molecule has 98 valence electrons. The maximum Gasteiger partial charge on any atom is 0.326 e. The molecule has 1 aromatic rings. The molecule has 0 heterocycles. The molecule has 0 bridgehead atoms. The van der Waals surface area contributed by atoms with Crippen molar-refractivity contribution in [2.75, 3.05) is 12.8 Å². The number of carboxylic acid groups (broad SMARTS) is 1. The van der Waals surface area contributed by atoms with Gasteiger partial charge in [0, 0.05) is 12.7 Å². The third-order valence-electron chi connectivity index (χ3n) is 2.84. The number of rotatable bonds is 5. The number of hydrogen-bond donors (Lipinski definition) is 2. The lowest BCUT2D eigenvalue weighted by Gasteiger charge is -2.23. The van der Waals surface area contributed by atoms with Crippen LogP contribution in [-0.2, 0) is 16.0 Å². The summed E-state index contributed by atoms with van der Waals surface area (Å²) in [5, 5.41) is 8.99. The van der Waals surface area contributed by atoms with E-state index >= 15 is 0 Å². The topological polar surface area (TPSA) is 83.6 Å². The van der Waals surface area contributed by atoms with E-state index in [-0.39, 0.29) is 12.3 Å². The highest BCUT2D eigenvalue weighted by Crippen LogP contribution is 2.10. The Kier molecular flexibility index (Phi) is 4.71. The summed E-state index contributed by atoms with van der Waals surface area (Å²) in [6.45, 7) is 1.74. The van der Waals surface area contributed by atoms with Crippen LogP contribution in [0.4, 0.5) is 5.69 Å². The largest absolute Gasteiger partial charge is 0.480 e. The molecule has 1 amide bonds. The lowest BCUT2D eigenvalue weighted by molar-refractivity contribution is -0.148. The molecule has 0 saturated heterocycles. The minimum atomic E-state index is -0.985. The van der Waals surface area contributed by atoms with Crippen LogP contribution < -0.4 is 5.73 Å². The van der Waals surface area contributed by atoms with E-state index in [1.807, 2.05) is 0 Å². The van der Waals surface area contributed by atoms with Crippen molar-refractivity contribution in [3.63, 3.8) is 0 Å². The predicted octanol–water partition coefficient (Wildman–Crippen LogP) is 1.13. The first kappa shape index (κ1) is 14.0. The van der Waals surface area contributed by atoms with Crippen molar-refractivity contribution in [1.29, 1.82) is 0 Å². The summed E-state index contributed by atoms with van der Waals surface area (Å²) in [6.07, 6.45) is 0.541. The van der Waals surface area contributed by atoms with Gasteiger partial charge < -0.3 is 15.7 Å². The number of nitrogen functional groups attached to an aromatic ring is 1. The smallest absolute Gasteiger partial charge is 0.326 e. The van der Waals surface area contributed by atoms with E-state index in [0.717, 1.165) is 5.56 Å². The van der Waals surface area contributed by atoms with Crippen LogP contribution in [0.5, 0.6) is 0 Å². The van der Waals surface area contributed by atoms with Crippen LogP contribution in [0, 0.1) is 0 Å². The molecular formula is C13H18N2O3. The summed E-state index contributed by atoms with van der Waals surface area (Å²) in [6, 6.07) is 6.24. The van der Waals surface area contributed by atoms with Gasteiger partial charge in [0.25, 0.3) is 0 Å². The van der Waals surface area contributed by atoms with E-state index in [2.05, 4.69) is 0 Å². The van der Waals surface area contributed by atoms with Crippen LogP contribution in [0.3, 0.4) is 0 Å². The molecule has 5 nitrogen and oxygen atoms in total. The van der Waals surface area contributed by atoms with Gasteiger partial charge in [0.05, 0.1) is 6.42 Å². The second-order valence-electron chi connectivity index (χ2n) is 4.19. The monoisotopic (exact) mass is 250 g/mol. The van der Waals surface area contributed by atoms with E-state index in [1.54, 1.807) is 31.2 Å². The number of aliphatic carboxylic acids is 1. The van der Waals surface area contributed by atoms with Crippen molar-refractivity contribution >= 4 is 17.6 Å². The number of carboxylic acids is 1. The Labute approximate surface area is 106 Å². The second-order valence-corrected chi connectivity index (χ2v) is 4.19. The van der Waals surface area contributed by atoms with Gasteiger partial charge in [-0.25, -0.2) is 4.79 Å². The first-order valence-corrected chi connectivity index (χ1v) is 5.78. The van der Waals surface area contributed by atoms with E-state index in [4.69, 9.17) is 10.8 Å². The average molecular weight is 250 g/mol. The van der Waals surface area contributed by atoms with E-state index in [0.29, 0.717) is 12.1 Å². The number of carbonyl (C=O) groups excluding carboxylic acids is 1. The van der Waals surface area contributed by atoms with Crippen LogP contribution in [0.1, 0.15) is 18.9 Å². The molecule has 0 spiro atoms. The predicted molar refractivity (Wildman–Crippen MR) is 69.0 cm³/mol. The lowest BCUT2D eigenvalue weighted by atomic mass is 10.1. The summed E-state index contributed by atoms with van der Waals surface area (Å²) in [4.78, 5) is 24.2. The van der Waals surface area contributed by atoms with Crippen LogP contribution in [0.2, 0.25) is 0 Å². The van der Waals surface area contributed by atoms with Gasteiger partial charge in [-0.2, -0.15) is 0 Å². The quantitative estimate of drug-likeness (QED) is 0.767. The average Bonchev–Trinajstić information content (AvgIpc) is 2.29. The number of nitrogens with two attached hydrogens (primary N) is 1. The molecule has 1 rings (SSSR count). The molecule has 1 atom stereocenters. The van der Waals surface area contributed by atoms with Gasteiger partial charge in [-0.05, 0) is 24.1 Å². The van der Waals surface area contributed by atoms with Gasteiger partial charge in [-0.3, -0.25) is 4.79 Å². The molecule has 1 unspecified atom stereocenters. The summed E-state index contributed by atoms with van der Waals surface area (Å²) in [5.74, 6) is -1.21. The molecular weight excluding hydrogens is 232 g/mol. The molecule has 0 radical (unpaired) electrons. The number of benzene rings is 1. The van der Waals surface area contributed by atoms with Crippen molar-refractivity contribution in [2.24, 2.45) is 0 Å². The van der Waals surface area contributed by atoms with Crippen molar-refractivity contribution < 1.29 is 14.7 Å². The molecule has 18 heavy (non-hydrogen) atoms. The number of carbonyl (C=O) groups is 2. The minimum absolute atomic E-state index is 0.158. The number of amides is 1. The fourth-order valence-electron chi connectivity index (χ4n) is 1.79. The van der Waals surface area contributed by atoms with E-state index in [9.17, 15) is 9.59 Å². The Morgan fingerprint density at radius 2 is 2.11 bits per heavy atom. The third kappa shape index (κ3) is 3.48. The summed E-state index contributed by atoms with van der Waals surface area (Å²) in [7, 11) is 1.51. The molecule has 0 aliphatic rings. The zero-order chi connectivity index (χ0) is 13.7. The highest BCUT2D eigenvalue weighted by atomic mass is 16.4. The molecule has 0 aliphatic carbocycles.